The number of Topliss-reactive ketones (excluding diaryl/α,β-unsaturated/α-hetero) is 1. The van der Waals surface area contributed by atoms with Crippen LogP contribution in [0.1, 0.15) is 101 Å². The number of ether oxygens (including phenoxy) is 7. The number of carbonyl (C=O) groups is 10. The summed E-state index contributed by atoms with van der Waals surface area (Å²) in [5, 5.41) is 78.3. The number of rotatable bonds is 29. The van der Waals surface area contributed by atoms with Crippen molar-refractivity contribution in [1.29, 1.82) is 0 Å². The van der Waals surface area contributed by atoms with Crippen molar-refractivity contribution in [1.82, 2.24) is 26.2 Å². The van der Waals surface area contributed by atoms with Gasteiger partial charge in [0, 0.05) is 60.7 Å². The molecule has 2 heterocycles. The molecule has 0 bridgehead atoms. The first-order valence-corrected chi connectivity index (χ1v) is 28.0. The zero-order valence-corrected chi connectivity index (χ0v) is 48.4. The van der Waals surface area contributed by atoms with E-state index in [4.69, 9.17) is 38.9 Å². The lowest BCUT2D eigenvalue weighted by molar-refractivity contribution is -0.249. The van der Waals surface area contributed by atoms with Crippen LogP contribution in [0.2, 0.25) is 0 Å². The Morgan fingerprint density at radius 1 is 0.818 bits per heavy atom. The summed E-state index contributed by atoms with van der Waals surface area (Å²) in [5.41, 5.74) is 1.45. The minimum absolute atomic E-state index is 0.0108. The average molecular weight is 1230 g/mol. The third-order valence-corrected chi connectivity index (χ3v) is 14.9. The van der Waals surface area contributed by atoms with Crippen molar-refractivity contribution in [2.45, 2.75) is 120 Å². The van der Waals surface area contributed by atoms with E-state index in [-0.39, 0.29) is 105 Å². The van der Waals surface area contributed by atoms with Crippen LogP contribution in [-0.2, 0) is 75.0 Å². The molecule has 0 saturated carbocycles. The molecule has 3 aromatic carbocycles. The van der Waals surface area contributed by atoms with Crippen molar-refractivity contribution < 1.29 is 112 Å². The van der Waals surface area contributed by atoms with E-state index in [0.717, 1.165) is 0 Å². The van der Waals surface area contributed by atoms with Crippen LogP contribution in [0.4, 0.5) is 10.5 Å². The average Bonchev–Trinajstić information content (AvgIpc) is 0.750. The number of aliphatic hydroxyl groups is 4. The number of primary amides is 1. The van der Waals surface area contributed by atoms with E-state index >= 15 is 0 Å². The molecule has 0 radical (unpaired) electrons. The van der Waals surface area contributed by atoms with Crippen molar-refractivity contribution in [2.24, 2.45) is 5.73 Å². The summed E-state index contributed by atoms with van der Waals surface area (Å²) in [5.74, 6) is -8.66. The van der Waals surface area contributed by atoms with E-state index in [1.54, 1.807) is 0 Å². The largest absolute Gasteiger partial charge is 0.507 e. The standard InChI is InChI=1S/C58H71N7O23/c1-28(60-41(69)14-16-83-18-20-85-21-19-84-17-15-65-42(70)12-13-43(65)71)54(77)61-29(2)55(78)63-36(22-40(59)68)56(79)62-32-10-8-31(9-11-32)27-86-57(80)64-35-23-44(87-30(3)49(35)72)88-38-25-58(81,39(67)26-66)24-34-46(38)53(76)48-47(51(34)74)50(73)33-6-5-7-37(82-4)45(33)52(48)75/h5-13,28-30,35-36,38,42,44,49,66,70,72,74,76,81H,14-27H2,1-4H3,(H2,59,68)(H,60,69)(H,61,77)(H,62,79)(H,63,78)(H,64,80)/t28-,29-,30+,35+,36-,38+,42-,44+,49-,58+/m1/s1. The van der Waals surface area contributed by atoms with Gasteiger partial charge in [0.15, 0.2) is 17.9 Å². The second-order valence-electron chi connectivity index (χ2n) is 21.2. The maximum Gasteiger partial charge on any atom is 0.407 e. The molecule has 88 heavy (non-hydrogen) atoms. The number of phenols is 2. The predicted molar refractivity (Wildman–Crippen MR) is 301 cm³/mol. The SMILES string of the molecule is COc1cccc2c1C(=O)c1c(O)c3c(c(O)c1C2=O)C[C@@](O)(C(=O)CO)C[C@@H]3O[C@H]1C[C@H](NC(=O)OCc2ccc(NC(=O)[C@@H](CC(N)=O)NC(=O)[C@@H](C)NC(=O)[C@@H](C)NC(=O)CCOCCOCCOCCN3C(=O)C=C[C@H]3O)cc2)[C@H](O)[C@H](C)O1. The minimum Gasteiger partial charge on any atom is -0.507 e. The molecule has 3 aromatic rings. The van der Waals surface area contributed by atoms with Gasteiger partial charge in [-0.2, -0.15) is 0 Å². The van der Waals surface area contributed by atoms with Gasteiger partial charge in [-0.3, -0.25) is 43.2 Å². The maximum atomic E-state index is 14.1. The van der Waals surface area contributed by atoms with Gasteiger partial charge in [0.2, 0.25) is 41.2 Å². The Morgan fingerprint density at radius 3 is 2.11 bits per heavy atom. The van der Waals surface area contributed by atoms with Gasteiger partial charge in [-0.15, -0.1) is 0 Å². The number of nitrogens with two attached hydrogens (primary N) is 1. The second-order valence-corrected chi connectivity index (χ2v) is 21.2. The van der Waals surface area contributed by atoms with E-state index in [1.807, 2.05) is 0 Å². The normalized spacial score (nSPS) is 22.0. The van der Waals surface area contributed by atoms with Crippen LogP contribution in [0.15, 0.2) is 54.6 Å². The lowest BCUT2D eigenvalue weighted by atomic mass is 9.72. The van der Waals surface area contributed by atoms with Crippen molar-refractivity contribution in [3.63, 3.8) is 0 Å². The van der Waals surface area contributed by atoms with Gasteiger partial charge >= 0.3 is 6.09 Å². The molecule has 2 aliphatic heterocycles. The number of methoxy groups -OCH3 is 1. The van der Waals surface area contributed by atoms with Crippen LogP contribution in [0.5, 0.6) is 17.2 Å². The quantitative estimate of drug-likeness (QED) is 0.0216. The molecule has 1 fully saturated rings. The van der Waals surface area contributed by atoms with Crippen molar-refractivity contribution in [3.05, 3.63) is 93.6 Å². The molecular weight excluding hydrogens is 1160 g/mol. The van der Waals surface area contributed by atoms with E-state index in [0.29, 0.717) is 5.56 Å². The first-order valence-electron chi connectivity index (χ1n) is 28.0. The summed E-state index contributed by atoms with van der Waals surface area (Å²) in [7, 11) is 1.27. The van der Waals surface area contributed by atoms with Gasteiger partial charge in [0.1, 0.15) is 66.5 Å². The maximum absolute atomic E-state index is 14.1. The number of benzene rings is 3. The molecule has 4 aliphatic rings. The number of nitrogens with one attached hydrogen (secondary N) is 5. The second kappa shape index (κ2) is 30.0. The highest BCUT2D eigenvalue weighted by atomic mass is 16.7. The smallest absolute Gasteiger partial charge is 0.407 e. The number of nitrogens with zero attached hydrogens (tertiary/aromatic N) is 1. The summed E-state index contributed by atoms with van der Waals surface area (Å²) in [6.07, 6.45) is -7.11. The number of aromatic hydroxyl groups is 2. The summed E-state index contributed by atoms with van der Waals surface area (Å²) in [6.45, 7) is 3.98. The zero-order valence-electron chi connectivity index (χ0n) is 48.4. The number of carbonyl (C=O) groups excluding carboxylic acids is 10. The van der Waals surface area contributed by atoms with Crippen molar-refractivity contribution >= 4 is 64.6 Å². The summed E-state index contributed by atoms with van der Waals surface area (Å²) in [6, 6.07) is 5.01. The van der Waals surface area contributed by atoms with Crippen molar-refractivity contribution in [2.75, 3.05) is 65.2 Å². The fourth-order valence-electron chi connectivity index (χ4n) is 10.2. The fraction of sp³-hybridized carbons (Fsp3) is 0.483. The number of hydrogen-bond donors (Lipinski definition) is 12. The number of fused-ring (bicyclic) bond motifs is 3. The Hall–Kier alpha value is -8.46. The van der Waals surface area contributed by atoms with Crippen LogP contribution in [0.3, 0.4) is 0 Å². The molecule has 30 nitrogen and oxygen atoms in total. The van der Waals surface area contributed by atoms with Gasteiger partial charge in [-0.1, -0.05) is 24.3 Å². The van der Waals surface area contributed by atoms with Gasteiger partial charge in [0.25, 0.3) is 0 Å². The molecule has 0 unspecified atom stereocenters. The molecular formula is C58H71N7O23. The molecule has 30 heteroatoms. The molecule has 7 rings (SSSR count). The van der Waals surface area contributed by atoms with Gasteiger partial charge < -0.3 is 101 Å². The lowest BCUT2D eigenvalue weighted by Gasteiger charge is -2.42. The number of hydrogen-bond acceptors (Lipinski definition) is 23. The molecule has 0 aromatic heterocycles. The lowest BCUT2D eigenvalue weighted by Crippen LogP contribution is -2.56. The fourth-order valence-corrected chi connectivity index (χ4v) is 10.2. The first kappa shape index (κ1) is 67.1. The molecule has 2 aliphatic carbocycles. The number of aliphatic hydroxyl groups excluding tert-OH is 3. The van der Waals surface area contributed by atoms with Gasteiger partial charge in [-0.05, 0) is 50.6 Å². The van der Waals surface area contributed by atoms with Gasteiger partial charge in [0.05, 0.1) is 88.1 Å². The Bertz CT molecular complexity index is 3180. The highest BCUT2D eigenvalue weighted by molar-refractivity contribution is 6.31. The summed E-state index contributed by atoms with van der Waals surface area (Å²) in [4.78, 5) is 131. The van der Waals surface area contributed by atoms with Crippen LogP contribution >= 0.6 is 0 Å². The first-order chi connectivity index (χ1) is 41.8. The van der Waals surface area contributed by atoms with Crippen LogP contribution in [0.25, 0.3) is 0 Å². The zero-order chi connectivity index (χ0) is 64.1. The molecule has 13 N–H and O–H groups in total. The number of amides is 7. The molecule has 10 atom stereocenters. The third kappa shape index (κ3) is 16.2. The van der Waals surface area contributed by atoms with E-state index in [1.165, 1.54) is 87.4 Å². The number of phenolic OH excluding ortho intramolecular Hbond substituents is 2. The van der Waals surface area contributed by atoms with Crippen LogP contribution < -0.4 is 37.1 Å². The molecule has 7 amide bonds. The highest BCUT2D eigenvalue weighted by Crippen LogP contribution is 2.52. The number of ketones is 3. The Morgan fingerprint density at radius 2 is 1.47 bits per heavy atom. The number of alkyl carbamates (subject to hydrolysis) is 1. The summed E-state index contributed by atoms with van der Waals surface area (Å²) >= 11 is 0. The molecule has 0 spiro atoms. The Labute approximate surface area is 502 Å². The number of anilines is 1. The minimum atomic E-state index is -2.43. The van der Waals surface area contributed by atoms with E-state index in [9.17, 15) is 78.6 Å². The summed E-state index contributed by atoms with van der Waals surface area (Å²) < 4.78 is 39.1. The van der Waals surface area contributed by atoms with Crippen LogP contribution in [0, 0.1) is 0 Å². The Kier molecular flexibility index (Phi) is 22.8. The van der Waals surface area contributed by atoms with E-state index < -0.39 is 162 Å². The predicted octanol–water partition coefficient (Wildman–Crippen LogP) is -1.57. The monoisotopic (exact) mass is 1230 g/mol. The third-order valence-electron chi connectivity index (χ3n) is 14.9. The van der Waals surface area contributed by atoms with Crippen molar-refractivity contribution in [3.8, 4) is 17.2 Å². The van der Waals surface area contributed by atoms with Gasteiger partial charge in [-0.25, -0.2) is 4.79 Å². The van der Waals surface area contributed by atoms with Crippen LogP contribution in [-0.4, -0.2) is 209 Å². The highest BCUT2D eigenvalue weighted by Gasteiger charge is 2.50. The molecule has 1 saturated heterocycles. The van der Waals surface area contributed by atoms with E-state index in [2.05, 4.69) is 26.6 Å². The Balaban J connectivity index is 0.856. The topological polar surface area (TPSA) is 446 Å². The molecule has 476 valence electrons.